The second-order valence-electron chi connectivity index (χ2n) is 3.92. The summed E-state index contributed by atoms with van der Waals surface area (Å²) < 4.78 is 0. The fourth-order valence-electron chi connectivity index (χ4n) is 1.52. The minimum atomic E-state index is -1.06. The highest BCUT2D eigenvalue weighted by molar-refractivity contribution is 5.75. The summed E-state index contributed by atoms with van der Waals surface area (Å²) in [5.41, 5.74) is 1.19. The molecule has 5 heteroatoms. The molecule has 1 aromatic carbocycles. The summed E-state index contributed by atoms with van der Waals surface area (Å²) in [4.78, 5) is 21.6. The van der Waals surface area contributed by atoms with Crippen molar-refractivity contribution in [3.63, 3.8) is 0 Å². The first kappa shape index (κ1) is 14.0. The van der Waals surface area contributed by atoms with Crippen LogP contribution in [0.3, 0.4) is 0 Å². The molecule has 0 saturated carbocycles. The number of carbonyl (C=O) groups is 2. The van der Waals surface area contributed by atoms with Crippen molar-refractivity contribution in [2.45, 2.75) is 19.3 Å². The van der Waals surface area contributed by atoms with Crippen LogP contribution in [-0.4, -0.2) is 30.2 Å². The maximum absolute atomic E-state index is 11.4. The van der Waals surface area contributed by atoms with Crippen LogP contribution in [-0.2, 0) is 11.2 Å². The third-order valence-electron chi connectivity index (χ3n) is 2.44. The lowest BCUT2D eigenvalue weighted by atomic mass is 10.1. The number of carboxylic acid groups (broad SMARTS) is 1. The Morgan fingerprint density at radius 2 is 1.78 bits per heavy atom. The van der Waals surface area contributed by atoms with Gasteiger partial charge in [0.1, 0.15) is 0 Å². The first-order valence-electron chi connectivity index (χ1n) is 5.96. The lowest BCUT2D eigenvalue weighted by molar-refractivity contribution is -0.121. The Hall–Kier alpha value is -2.04. The number of hydrogen-bond donors (Lipinski definition) is 3. The van der Waals surface area contributed by atoms with Crippen LogP contribution in [0, 0.1) is 0 Å². The summed E-state index contributed by atoms with van der Waals surface area (Å²) in [6.07, 6.45) is 0.609. The molecule has 0 aliphatic heterocycles. The number of rotatable bonds is 7. The molecule has 5 nitrogen and oxygen atoms in total. The summed E-state index contributed by atoms with van der Waals surface area (Å²) >= 11 is 0. The van der Waals surface area contributed by atoms with E-state index in [4.69, 9.17) is 5.11 Å². The molecule has 18 heavy (non-hydrogen) atoms. The van der Waals surface area contributed by atoms with Crippen molar-refractivity contribution in [3.8, 4) is 0 Å². The molecule has 0 saturated heterocycles. The van der Waals surface area contributed by atoms with Crippen LogP contribution in [0.4, 0.5) is 4.79 Å². The van der Waals surface area contributed by atoms with Gasteiger partial charge >= 0.3 is 6.09 Å². The number of hydrogen-bond acceptors (Lipinski definition) is 2. The molecule has 0 fully saturated rings. The SMILES string of the molecule is O=C(O)NCCCC(=O)NCCc1ccccc1. The number of nitrogens with one attached hydrogen (secondary N) is 2. The van der Waals surface area contributed by atoms with Gasteiger partial charge in [-0.25, -0.2) is 4.79 Å². The molecule has 3 N–H and O–H groups in total. The van der Waals surface area contributed by atoms with Gasteiger partial charge in [-0.2, -0.15) is 0 Å². The van der Waals surface area contributed by atoms with Gasteiger partial charge in [-0.3, -0.25) is 4.79 Å². The first-order chi connectivity index (χ1) is 8.68. The molecule has 0 bridgehead atoms. The molecule has 0 unspecified atom stereocenters. The van der Waals surface area contributed by atoms with Crippen LogP contribution in [0.2, 0.25) is 0 Å². The first-order valence-corrected chi connectivity index (χ1v) is 5.96. The monoisotopic (exact) mass is 250 g/mol. The van der Waals surface area contributed by atoms with E-state index in [1.807, 2.05) is 30.3 Å². The highest BCUT2D eigenvalue weighted by Crippen LogP contribution is 1.98. The van der Waals surface area contributed by atoms with Crippen molar-refractivity contribution in [1.82, 2.24) is 10.6 Å². The van der Waals surface area contributed by atoms with Crippen LogP contribution in [0.15, 0.2) is 30.3 Å². The van der Waals surface area contributed by atoms with Crippen LogP contribution < -0.4 is 10.6 Å². The highest BCUT2D eigenvalue weighted by Gasteiger charge is 2.01. The molecule has 98 valence electrons. The molecule has 1 aromatic rings. The van der Waals surface area contributed by atoms with E-state index in [1.54, 1.807) is 0 Å². The van der Waals surface area contributed by atoms with E-state index in [2.05, 4.69) is 10.6 Å². The zero-order valence-electron chi connectivity index (χ0n) is 10.2. The molecule has 0 spiro atoms. The number of carbonyl (C=O) groups excluding carboxylic acids is 1. The van der Waals surface area contributed by atoms with Gasteiger partial charge in [0.15, 0.2) is 0 Å². The quantitative estimate of drug-likeness (QED) is 0.640. The minimum Gasteiger partial charge on any atom is -0.465 e. The molecule has 1 rings (SSSR count). The van der Waals surface area contributed by atoms with E-state index in [9.17, 15) is 9.59 Å². The molecule has 2 amide bonds. The Kier molecular flexibility index (Phi) is 6.32. The topological polar surface area (TPSA) is 78.4 Å². The van der Waals surface area contributed by atoms with Crippen molar-refractivity contribution in [1.29, 1.82) is 0 Å². The normalized spacial score (nSPS) is 9.78. The minimum absolute atomic E-state index is 0.0434. The molecule has 0 aliphatic rings. The second kappa shape index (κ2) is 8.11. The lowest BCUT2D eigenvalue weighted by Gasteiger charge is -2.05. The number of benzene rings is 1. The van der Waals surface area contributed by atoms with Gasteiger partial charge < -0.3 is 15.7 Å². The van der Waals surface area contributed by atoms with Gasteiger partial charge in [0.2, 0.25) is 5.91 Å². The third-order valence-corrected chi connectivity index (χ3v) is 2.44. The van der Waals surface area contributed by atoms with Gasteiger partial charge in [0.05, 0.1) is 0 Å². The van der Waals surface area contributed by atoms with Crippen LogP contribution in [0.5, 0.6) is 0 Å². The molecular formula is C13H18N2O3. The zero-order chi connectivity index (χ0) is 13.2. The van der Waals surface area contributed by atoms with E-state index >= 15 is 0 Å². The van der Waals surface area contributed by atoms with E-state index in [1.165, 1.54) is 5.56 Å². The molecule has 0 heterocycles. The molecule has 0 atom stereocenters. The molecule has 0 aliphatic carbocycles. The van der Waals surface area contributed by atoms with E-state index in [0.29, 0.717) is 25.9 Å². The fourth-order valence-corrected chi connectivity index (χ4v) is 1.52. The Balaban J connectivity index is 2.05. The van der Waals surface area contributed by atoms with Crippen LogP contribution in [0.25, 0.3) is 0 Å². The second-order valence-corrected chi connectivity index (χ2v) is 3.92. The Bertz CT molecular complexity index is 379. The Labute approximate surface area is 106 Å². The average Bonchev–Trinajstić information content (AvgIpc) is 2.36. The zero-order valence-corrected chi connectivity index (χ0v) is 10.2. The summed E-state index contributed by atoms with van der Waals surface area (Å²) in [5, 5.41) is 13.4. The summed E-state index contributed by atoms with van der Waals surface area (Å²) in [6.45, 7) is 0.913. The number of amides is 2. The smallest absolute Gasteiger partial charge is 0.404 e. The largest absolute Gasteiger partial charge is 0.465 e. The van der Waals surface area contributed by atoms with E-state index in [-0.39, 0.29) is 5.91 Å². The predicted octanol–water partition coefficient (Wildman–Crippen LogP) is 1.39. The van der Waals surface area contributed by atoms with Crippen molar-refractivity contribution in [3.05, 3.63) is 35.9 Å². The van der Waals surface area contributed by atoms with Gasteiger partial charge in [-0.1, -0.05) is 30.3 Å². The lowest BCUT2D eigenvalue weighted by Crippen LogP contribution is -2.27. The summed E-state index contributed by atoms with van der Waals surface area (Å²) in [7, 11) is 0. The van der Waals surface area contributed by atoms with Crippen molar-refractivity contribution in [2.24, 2.45) is 0 Å². The Morgan fingerprint density at radius 1 is 1.06 bits per heavy atom. The molecule has 0 radical (unpaired) electrons. The average molecular weight is 250 g/mol. The molecular weight excluding hydrogens is 232 g/mol. The molecule has 0 aromatic heterocycles. The van der Waals surface area contributed by atoms with Crippen LogP contribution >= 0.6 is 0 Å². The van der Waals surface area contributed by atoms with Gasteiger partial charge in [0.25, 0.3) is 0 Å². The van der Waals surface area contributed by atoms with E-state index < -0.39 is 6.09 Å². The summed E-state index contributed by atoms with van der Waals surface area (Å²) in [5.74, 6) is -0.0434. The maximum Gasteiger partial charge on any atom is 0.404 e. The van der Waals surface area contributed by atoms with Crippen molar-refractivity contribution >= 4 is 12.0 Å². The van der Waals surface area contributed by atoms with Gasteiger partial charge in [-0.05, 0) is 18.4 Å². The van der Waals surface area contributed by atoms with Crippen LogP contribution in [0.1, 0.15) is 18.4 Å². The summed E-state index contributed by atoms with van der Waals surface area (Å²) in [6, 6.07) is 9.92. The predicted molar refractivity (Wildman–Crippen MR) is 68.4 cm³/mol. The highest BCUT2D eigenvalue weighted by atomic mass is 16.4. The maximum atomic E-state index is 11.4. The standard InChI is InChI=1S/C13H18N2O3/c16-12(7-4-9-15-13(17)18)14-10-8-11-5-2-1-3-6-11/h1-3,5-6,15H,4,7-10H2,(H,14,16)(H,17,18). The Morgan fingerprint density at radius 3 is 2.44 bits per heavy atom. The fraction of sp³-hybridized carbons (Fsp3) is 0.385. The van der Waals surface area contributed by atoms with Crippen molar-refractivity contribution in [2.75, 3.05) is 13.1 Å². The van der Waals surface area contributed by atoms with Gasteiger partial charge in [0, 0.05) is 19.5 Å². The third kappa shape index (κ3) is 6.52. The van der Waals surface area contributed by atoms with E-state index in [0.717, 1.165) is 6.42 Å². The van der Waals surface area contributed by atoms with Gasteiger partial charge in [-0.15, -0.1) is 0 Å². The van der Waals surface area contributed by atoms with Crippen molar-refractivity contribution < 1.29 is 14.7 Å².